The molecule has 0 N–H and O–H groups in total. The molecule has 2 fully saturated rings. The predicted molar refractivity (Wildman–Crippen MR) is 69.6 cm³/mol. The van der Waals surface area contributed by atoms with Gasteiger partial charge in [0.15, 0.2) is 0 Å². The maximum Gasteiger partial charge on any atom is 0.0301 e. The van der Waals surface area contributed by atoms with E-state index < -0.39 is 0 Å². The Hall–Kier alpha value is 0.440. The van der Waals surface area contributed by atoms with Gasteiger partial charge in [0, 0.05) is 17.4 Å². The van der Waals surface area contributed by atoms with Gasteiger partial charge in [-0.1, -0.05) is 41.6 Å². The van der Waals surface area contributed by atoms with E-state index in [0.29, 0.717) is 0 Å². The zero-order valence-electron chi connectivity index (χ0n) is 9.92. The van der Waals surface area contributed by atoms with Crippen LogP contribution in [0.15, 0.2) is 0 Å². The average molecular weight is 274 g/mol. The third-order valence-electron chi connectivity index (χ3n) is 4.23. The molecule has 0 saturated heterocycles. The third kappa shape index (κ3) is 3.20. The molecule has 0 amide bonds. The van der Waals surface area contributed by atoms with Crippen LogP contribution in [0.1, 0.15) is 51.4 Å². The largest absolute Gasteiger partial charge is 0.302 e. The van der Waals surface area contributed by atoms with Gasteiger partial charge in [-0.25, -0.2) is 0 Å². The van der Waals surface area contributed by atoms with Crippen molar-refractivity contribution in [1.29, 1.82) is 0 Å². The van der Waals surface area contributed by atoms with Gasteiger partial charge in [0.2, 0.25) is 0 Å². The summed E-state index contributed by atoms with van der Waals surface area (Å²) in [6.45, 7) is 1.34. The smallest absolute Gasteiger partial charge is 0.0301 e. The van der Waals surface area contributed by atoms with Crippen molar-refractivity contribution >= 4 is 15.9 Å². The van der Waals surface area contributed by atoms with Crippen LogP contribution in [-0.2, 0) is 0 Å². The van der Waals surface area contributed by atoms with Crippen molar-refractivity contribution < 1.29 is 0 Å². The van der Waals surface area contributed by atoms with E-state index in [2.05, 4.69) is 27.9 Å². The second kappa shape index (κ2) is 5.67. The Kier molecular flexibility index (Phi) is 4.51. The molecule has 2 saturated carbocycles. The summed E-state index contributed by atoms with van der Waals surface area (Å²) in [5.41, 5.74) is 0. The molecule has 0 aromatic rings. The Balaban J connectivity index is 1.80. The lowest BCUT2D eigenvalue weighted by Gasteiger charge is -2.36. The van der Waals surface area contributed by atoms with Crippen molar-refractivity contribution in [3.05, 3.63) is 0 Å². The maximum absolute atomic E-state index is 3.86. The molecule has 0 heterocycles. The van der Waals surface area contributed by atoms with E-state index >= 15 is 0 Å². The van der Waals surface area contributed by atoms with Crippen molar-refractivity contribution in [3.8, 4) is 0 Å². The third-order valence-corrected chi connectivity index (χ3v) is 5.30. The number of hydrogen-bond donors (Lipinski definition) is 0. The minimum absolute atomic E-state index is 0.748. The van der Waals surface area contributed by atoms with Gasteiger partial charge in [0.25, 0.3) is 0 Å². The minimum Gasteiger partial charge on any atom is -0.302 e. The molecule has 2 heteroatoms. The molecular formula is C13H24BrN. The van der Waals surface area contributed by atoms with Gasteiger partial charge < -0.3 is 4.90 Å². The molecule has 0 bridgehead atoms. The normalized spacial score (nSPS) is 33.8. The molecule has 0 radical (unpaired) electrons. The predicted octanol–water partition coefficient (Wildman–Crippen LogP) is 3.81. The number of rotatable bonds is 3. The fourth-order valence-electron chi connectivity index (χ4n) is 3.30. The van der Waals surface area contributed by atoms with Crippen molar-refractivity contribution in [2.24, 2.45) is 5.92 Å². The van der Waals surface area contributed by atoms with Crippen molar-refractivity contribution in [1.82, 2.24) is 4.90 Å². The molecule has 0 spiro atoms. The van der Waals surface area contributed by atoms with E-state index in [0.717, 1.165) is 16.8 Å². The quantitative estimate of drug-likeness (QED) is 0.707. The lowest BCUT2D eigenvalue weighted by Crippen LogP contribution is -2.42. The van der Waals surface area contributed by atoms with E-state index in [-0.39, 0.29) is 0 Å². The summed E-state index contributed by atoms with van der Waals surface area (Å²) in [4.78, 5) is 3.38. The monoisotopic (exact) mass is 273 g/mol. The topological polar surface area (TPSA) is 3.24 Å². The zero-order chi connectivity index (χ0) is 10.7. The van der Waals surface area contributed by atoms with Gasteiger partial charge in [-0.3, -0.25) is 0 Å². The molecular weight excluding hydrogens is 250 g/mol. The first-order chi connectivity index (χ1) is 7.27. The Morgan fingerprint density at radius 2 is 1.60 bits per heavy atom. The van der Waals surface area contributed by atoms with Crippen LogP contribution in [0.5, 0.6) is 0 Å². The van der Waals surface area contributed by atoms with Gasteiger partial charge in [-0.2, -0.15) is 0 Å². The maximum atomic E-state index is 3.86. The summed E-state index contributed by atoms with van der Waals surface area (Å²) in [6, 6.07) is 0.805. The van der Waals surface area contributed by atoms with Gasteiger partial charge in [-0.15, -0.1) is 0 Å². The highest BCUT2D eigenvalue weighted by molar-refractivity contribution is 9.09. The number of nitrogens with zero attached hydrogens (tertiary/aromatic N) is 1. The lowest BCUT2D eigenvalue weighted by molar-refractivity contribution is 0.174. The molecule has 0 aromatic carbocycles. The van der Waals surface area contributed by atoms with Gasteiger partial charge in [-0.05, 0) is 38.6 Å². The summed E-state index contributed by atoms with van der Waals surface area (Å²) >= 11 is 3.86. The van der Waals surface area contributed by atoms with Gasteiger partial charge >= 0.3 is 0 Å². The van der Waals surface area contributed by atoms with E-state index in [9.17, 15) is 0 Å². The second-order valence-electron chi connectivity index (χ2n) is 5.46. The fraction of sp³-hybridized carbons (Fsp3) is 1.00. The van der Waals surface area contributed by atoms with E-state index in [1.807, 2.05) is 0 Å². The van der Waals surface area contributed by atoms with Crippen LogP contribution < -0.4 is 0 Å². The molecule has 0 aromatic heterocycles. The first-order valence-corrected chi connectivity index (χ1v) is 7.53. The average Bonchev–Trinajstić information content (AvgIpc) is 2.71. The Bertz CT molecular complexity index is 189. The highest BCUT2D eigenvalue weighted by atomic mass is 79.9. The molecule has 2 unspecified atom stereocenters. The molecule has 0 aliphatic heterocycles. The summed E-state index contributed by atoms with van der Waals surface area (Å²) in [6.07, 6.45) is 11.5. The van der Waals surface area contributed by atoms with E-state index in [1.54, 1.807) is 0 Å². The van der Waals surface area contributed by atoms with Crippen molar-refractivity contribution in [3.63, 3.8) is 0 Å². The van der Waals surface area contributed by atoms with Crippen LogP contribution in [0.2, 0.25) is 0 Å². The Labute approximate surface area is 103 Å². The van der Waals surface area contributed by atoms with Crippen molar-refractivity contribution in [2.45, 2.75) is 62.2 Å². The van der Waals surface area contributed by atoms with Gasteiger partial charge in [0.05, 0.1) is 0 Å². The summed E-state index contributed by atoms with van der Waals surface area (Å²) in [7, 11) is 2.34. The molecule has 88 valence electrons. The Morgan fingerprint density at radius 3 is 2.27 bits per heavy atom. The lowest BCUT2D eigenvalue weighted by atomic mass is 9.93. The molecule has 1 nitrogen and oxygen atoms in total. The SMILES string of the molecule is CN(CC1CCCC1)C1CCCCC1Br. The highest BCUT2D eigenvalue weighted by Crippen LogP contribution is 2.31. The van der Waals surface area contributed by atoms with Crippen LogP contribution in [-0.4, -0.2) is 29.4 Å². The van der Waals surface area contributed by atoms with E-state index in [4.69, 9.17) is 0 Å². The summed E-state index contributed by atoms with van der Waals surface area (Å²) < 4.78 is 0. The summed E-state index contributed by atoms with van der Waals surface area (Å²) in [5.74, 6) is 0.997. The number of alkyl halides is 1. The standard InChI is InChI=1S/C13H24BrN/c1-15(10-11-6-2-3-7-11)13-9-5-4-8-12(13)14/h11-13H,2-10H2,1H3. The van der Waals surface area contributed by atoms with Gasteiger partial charge in [0.1, 0.15) is 0 Å². The second-order valence-corrected chi connectivity index (χ2v) is 6.63. The zero-order valence-corrected chi connectivity index (χ0v) is 11.5. The first-order valence-electron chi connectivity index (χ1n) is 6.61. The number of hydrogen-bond acceptors (Lipinski definition) is 1. The minimum atomic E-state index is 0.748. The highest BCUT2D eigenvalue weighted by Gasteiger charge is 2.28. The Morgan fingerprint density at radius 1 is 1.00 bits per heavy atom. The van der Waals surface area contributed by atoms with Crippen LogP contribution in [0.4, 0.5) is 0 Å². The molecule has 2 rings (SSSR count). The number of halogens is 1. The van der Waals surface area contributed by atoms with Crippen LogP contribution in [0.3, 0.4) is 0 Å². The van der Waals surface area contributed by atoms with Crippen LogP contribution in [0, 0.1) is 5.92 Å². The van der Waals surface area contributed by atoms with E-state index in [1.165, 1.54) is 57.9 Å². The van der Waals surface area contributed by atoms with Crippen molar-refractivity contribution in [2.75, 3.05) is 13.6 Å². The van der Waals surface area contributed by atoms with Crippen LogP contribution in [0.25, 0.3) is 0 Å². The molecule has 2 atom stereocenters. The molecule has 2 aliphatic rings. The van der Waals surface area contributed by atoms with Crippen LogP contribution >= 0.6 is 15.9 Å². The molecule has 2 aliphatic carbocycles. The molecule has 15 heavy (non-hydrogen) atoms. The first kappa shape index (κ1) is 11.9. The fourth-order valence-corrected chi connectivity index (χ4v) is 4.29. The summed E-state index contributed by atoms with van der Waals surface area (Å²) in [5, 5.41) is 0.